The number of ether oxygens (including phenoxy) is 1. The van der Waals surface area contributed by atoms with Crippen molar-refractivity contribution in [2.75, 3.05) is 5.32 Å². The monoisotopic (exact) mass is 342 g/mol. The molecule has 130 valence electrons. The smallest absolute Gasteiger partial charge is 0.311 e. The van der Waals surface area contributed by atoms with E-state index in [1.807, 2.05) is 19.1 Å². The van der Waals surface area contributed by atoms with Crippen LogP contribution < -0.4 is 5.32 Å². The summed E-state index contributed by atoms with van der Waals surface area (Å²) in [6.45, 7) is 3.37. The number of benzene rings is 2. The van der Waals surface area contributed by atoms with Crippen molar-refractivity contribution in [1.29, 1.82) is 0 Å². The molecule has 0 aliphatic carbocycles. The quantitative estimate of drug-likeness (QED) is 0.494. The average molecular weight is 342 g/mol. The molecule has 2 rings (SSSR count). The highest BCUT2D eigenvalue weighted by Crippen LogP contribution is 2.18. The van der Waals surface area contributed by atoms with E-state index in [0.717, 1.165) is 5.56 Å². The fourth-order valence-corrected chi connectivity index (χ4v) is 2.17. The number of amides is 1. The van der Waals surface area contributed by atoms with Crippen molar-refractivity contribution in [3.05, 3.63) is 69.8 Å². The van der Waals surface area contributed by atoms with Crippen molar-refractivity contribution in [1.82, 2.24) is 0 Å². The molecule has 2 aromatic rings. The molecule has 0 aromatic heterocycles. The summed E-state index contributed by atoms with van der Waals surface area (Å²) in [4.78, 5) is 34.4. The Bertz CT molecular complexity index is 786. The van der Waals surface area contributed by atoms with E-state index in [4.69, 9.17) is 4.74 Å². The van der Waals surface area contributed by atoms with Crippen molar-refractivity contribution in [3.8, 4) is 0 Å². The molecule has 0 bridgehead atoms. The average Bonchev–Trinajstić information content (AvgIpc) is 2.57. The summed E-state index contributed by atoms with van der Waals surface area (Å²) >= 11 is 0. The lowest BCUT2D eigenvalue weighted by Gasteiger charge is -2.13. The van der Waals surface area contributed by atoms with E-state index < -0.39 is 22.9 Å². The highest BCUT2D eigenvalue weighted by molar-refractivity contribution is 5.95. The zero-order valence-corrected chi connectivity index (χ0v) is 13.9. The van der Waals surface area contributed by atoms with Crippen molar-refractivity contribution in [2.45, 2.75) is 26.4 Å². The number of esters is 1. The summed E-state index contributed by atoms with van der Waals surface area (Å²) in [6.07, 6.45) is -1.30. The Labute approximate surface area is 144 Å². The van der Waals surface area contributed by atoms with Crippen LogP contribution in [-0.4, -0.2) is 22.9 Å². The standard InChI is InChI=1S/C18H18N2O5/c1-12-7-9-15(10-8-12)19-18(22)13(2)25-17(21)11-14-5-3-4-6-16(14)20(23)24/h3-10,13H,11H2,1-2H3,(H,19,22)/t13-/m0/s1. The first-order chi connectivity index (χ1) is 11.9. The summed E-state index contributed by atoms with van der Waals surface area (Å²) in [5, 5.41) is 13.6. The second-order valence-electron chi connectivity index (χ2n) is 5.55. The van der Waals surface area contributed by atoms with Gasteiger partial charge in [-0.15, -0.1) is 0 Å². The maximum atomic E-state index is 12.1. The Balaban J connectivity index is 1.94. The van der Waals surface area contributed by atoms with Crippen LogP contribution in [0.25, 0.3) is 0 Å². The summed E-state index contributed by atoms with van der Waals surface area (Å²) in [5.74, 6) is -1.18. The number of nitrogens with zero attached hydrogens (tertiary/aromatic N) is 1. The van der Waals surface area contributed by atoms with Gasteiger partial charge in [0.05, 0.1) is 11.3 Å². The Morgan fingerprint density at radius 2 is 1.80 bits per heavy atom. The lowest BCUT2D eigenvalue weighted by molar-refractivity contribution is -0.385. The molecule has 0 unspecified atom stereocenters. The highest BCUT2D eigenvalue weighted by Gasteiger charge is 2.21. The van der Waals surface area contributed by atoms with E-state index in [9.17, 15) is 19.7 Å². The first-order valence-electron chi connectivity index (χ1n) is 7.66. The Hall–Kier alpha value is -3.22. The van der Waals surface area contributed by atoms with Crippen LogP contribution in [0.2, 0.25) is 0 Å². The molecule has 1 atom stereocenters. The van der Waals surface area contributed by atoms with Crippen LogP contribution in [0.5, 0.6) is 0 Å². The second kappa shape index (κ2) is 8.05. The lowest BCUT2D eigenvalue weighted by Crippen LogP contribution is -2.30. The van der Waals surface area contributed by atoms with Crippen LogP contribution in [0.3, 0.4) is 0 Å². The van der Waals surface area contributed by atoms with Gasteiger partial charge in [0.25, 0.3) is 11.6 Å². The van der Waals surface area contributed by atoms with Gasteiger partial charge in [-0.2, -0.15) is 0 Å². The number of rotatable bonds is 6. The van der Waals surface area contributed by atoms with Gasteiger partial charge in [0, 0.05) is 17.3 Å². The molecule has 25 heavy (non-hydrogen) atoms. The molecule has 2 aromatic carbocycles. The van der Waals surface area contributed by atoms with Crippen LogP contribution in [0, 0.1) is 17.0 Å². The van der Waals surface area contributed by atoms with E-state index in [1.54, 1.807) is 18.2 Å². The molecule has 0 heterocycles. The topological polar surface area (TPSA) is 98.5 Å². The summed E-state index contributed by atoms with van der Waals surface area (Å²) in [5.41, 5.74) is 1.74. The molecule has 0 radical (unpaired) electrons. The van der Waals surface area contributed by atoms with Crippen LogP contribution in [0.1, 0.15) is 18.1 Å². The molecule has 0 saturated heterocycles. The molecule has 0 spiro atoms. The van der Waals surface area contributed by atoms with E-state index in [0.29, 0.717) is 5.69 Å². The predicted octanol–water partition coefficient (Wildman–Crippen LogP) is 3.02. The molecule has 0 aliphatic rings. The zero-order chi connectivity index (χ0) is 18.4. The van der Waals surface area contributed by atoms with Crippen LogP contribution in [-0.2, 0) is 20.7 Å². The number of hydrogen-bond donors (Lipinski definition) is 1. The van der Waals surface area contributed by atoms with E-state index >= 15 is 0 Å². The van der Waals surface area contributed by atoms with E-state index in [-0.39, 0.29) is 17.7 Å². The normalized spacial score (nSPS) is 11.4. The Kier molecular flexibility index (Phi) is 5.84. The van der Waals surface area contributed by atoms with Gasteiger partial charge in [-0.3, -0.25) is 19.7 Å². The molecule has 1 N–H and O–H groups in total. The largest absolute Gasteiger partial charge is 0.452 e. The number of nitrogens with one attached hydrogen (secondary N) is 1. The van der Waals surface area contributed by atoms with Gasteiger partial charge in [-0.1, -0.05) is 35.9 Å². The maximum Gasteiger partial charge on any atom is 0.311 e. The molecule has 0 fully saturated rings. The number of nitro groups is 1. The number of nitro benzene ring substituents is 1. The Morgan fingerprint density at radius 1 is 1.16 bits per heavy atom. The first-order valence-corrected chi connectivity index (χ1v) is 7.66. The van der Waals surface area contributed by atoms with Gasteiger partial charge in [-0.05, 0) is 26.0 Å². The maximum absolute atomic E-state index is 12.1. The van der Waals surface area contributed by atoms with Crippen molar-refractivity contribution >= 4 is 23.3 Å². The molecule has 7 heteroatoms. The molecule has 7 nitrogen and oxygen atoms in total. The molecular formula is C18H18N2O5. The third-order valence-corrected chi connectivity index (χ3v) is 3.52. The fraction of sp³-hybridized carbons (Fsp3) is 0.222. The third-order valence-electron chi connectivity index (χ3n) is 3.52. The van der Waals surface area contributed by atoms with Gasteiger partial charge in [0.15, 0.2) is 6.10 Å². The van der Waals surface area contributed by atoms with Crippen LogP contribution in [0.4, 0.5) is 11.4 Å². The Morgan fingerprint density at radius 3 is 2.44 bits per heavy atom. The third kappa shape index (κ3) is 5.13. The summed E-state index contributed by atoms with van der Waals surface area (Å²) in [7, 11) is 0. The minimum Gasteiger partial charge on any atom is -0.452 e. The van der Waals surface area contributed by atoms with Crippen molar-refractivity contribution in [2.24, 2.45) is 0 Å². The number of hydrogen-bond acceptors (Lipinski definition) is 5. The summed E-state index contributed by atoms with van der Waals surface area (Å²) in [6, 6.07) is 13.1. The predicted molar refractivity (Wildman–Crippen MR) is 92.2 cm³/mol. The van der Waals surface area contributed by atoms with Crippen LogP contribution >= 0.6 is 0 Å². The zero-order valence-electron chi connectivity index (χ0n) is 13.9. The van der Waals surface area contributed by atoms with Gasteiger partial charge in [0.2, 0.25) is 0 Å². The van der Waals surface area contributed by atoms with Gasteiger partial charge >= 0.3 is 5.97 Å². The van der Waals surface area contributed by atoms with Gasteiger partial charge in [0.1, 0.15) is 0 Å². The minimum atomic E-state index is -1.02. The lowest BCUT2D eigenvalue weighted by atomic mass is 10.1. The second-order valence-corrected chi connectivity index (χ2v) is 5.55. The number of anilines is 1. The van der Waals surface area contributed by atoms with Crippen LogP contribution in [0.15, 0.2) is 48.5 Å². The molecule has 0 aliphatic heterocycles. The van der Waals surface area contributed by atoms with Gasteiger partial charge in [-0.25, -0.2) is 0 Å². The molecular weight excluding hydrogens is 324 g/mol. The molecule has 1 amide bonds. The first kappa shape index (κ1) is 18.1. The minimum absolute atomic E-state index is 0.156. The number of aryl methyl sites for hydroxylation is 1. The van der Waals surface area contributed by atoms with Crippen molar-refractivity contribution in [3.63, 3.8) is 0 Å². The number of carbonyl (C=O) groups excluding carboxylic acids is 2. The summed E-state index contributed by atoms with van der Waals surface area (Å²) < 4.78 is 5.07. The van der Waals surface area contributed by atoms with E-state index in [2.05, 4.69) is 5.32 Å². The fourth-order valence-electron chi connectivity index (χ4n) is 2.17. The van der Waals surface area contributed by atoms with Gasteiger partial charge < -0.3 is 10.1 Å². The van der Waals surface area contributed by atoms with E-state index in [1.165, 1.54) is 25.1 Å². The molecule has 0 saturated carbocycles. The number of carbonyl (C=O) groups is 2. The van der Waals surface area contributed by atoms with Crippen molar-refractivity contribution < 1.29 is 19.2 Å². The SMILES string of the molecule is Cc1ccc(NC(=O)[C@H](C)OC(=O)Cc2ccccc2[N+](=O)[O-])cc1. The number of para-hydroxylation sites is 1. The highest BCUT2D eigenvalue weighted by atomic mass is 16.6.